The van der Waals surface area contributed by atoms with Gasteiger partial charge in [-0.3, -0.25) is 0 Å². The maximum Gasteiger partial charge on any atom is 0.0585 e. The van der Waals surface area contributed by atoms with Crippen molar-refractivity contribution in [2.75, 3.05) is 19.6 Å². The minimum absolute atomic E-state index is 0.0660. The molecule has 0 radical (unpaired) electrons. The number of hydrogen-bond donors (Lipinski definition) is 2. The molecule has 19 heavy (non-hydrogen) atoms. The molecule has 0 aromatic rings. The van der Waals surface area contributed by atoms with Crippen LogP contribution in [-0.4, -0.2) is 47.0 Å². The maximum absolute atomic E-state index is 10.3. The molecular formula is C16H29NO2. The largest absolute Gasteiger partial charge is 0.393 e. The van der Waals surface area contributed by atoms with Gasteiger partial charge in [0.25, 0.3) is 0 Å². The van der Waals surface area contributed by atoms with E-state index in [4.69, 9.17) is 0 Å². The highest BCUT2D eigenvalue weighted by molar-refractivity contribution is 4.95. The molecule has 2 aliphatic carbocycles. The molecule has 0 spiro atoms. The minimum atomic E-state index is -0.121. The van der Waals surface area contributed by atoms with Gasteiger partial charge in [0.15, 0.2) is 0 Å². The van der Waals surface area contributed by atoms with Gasteiger partial charge in [-0.15, -0.1) is 0 Å². The van der Waals surface area contributed by atoms with E-state index in [0.29, 0.717) is 29.6 Å². The molecule has 3 fully saturated rings. The van der Waals surface area contributed by atoms with Crippen molar-refractivity contribution in [2.45, 2.75) is 51.7 Å². The van der Waals surface area contributed by atoms with E-state index in [1.807, 2.05) is 0 Å². The average molecular weight is 267 g/mol. The van der Waals surface area contributed by atoms with Crippen LogP contribution in [0.3, 0.4) is 0 Å². The topological polar surface area (TPSA) is 43.7 Å². The van der Waals surface area contributed by atoms with E-state index in [9.17, 15) is 10.2 Å². The quantitative estimate of drug-likeness (QED) is 0.801. The number of nitrogens with zero attached hydrogens (tertiary/aromatic N) is 1. The zero-order valence-electron chi connectivity index (χ0n) is 12.3. The Bertz CT molecular complexity index is 310. The molecular weight excluding hydrogens is 238 g/mol. The van der Waals surface area contributed by atoms with E-state index in [1.54, 1.807) is 0 Å². The summed E-state index contributed by atoms with van der Waals surface area (Å²) in [5.41, 5.74) is 0. The summed E-state index contributed by atoms with van der Waals surface area (Å²) < 4.78 is 0. The van der Waals surface area contributed by atoms with E-state index in [1.165, 1.54) is 12.8 Å². The molecule has 1 saturated heterocycles. The van der Waals surface area contributed by atoms with Gasteiger partial charge in [0.2, 0.25) is 0 Å². The van der Waals surface area contributed by atoms with Crippen LogP contribution in [-0.2, 0) is 0 Å². The van der Waals surface area contributed by atoms with E-state index in [-0.39, 0.29) is 12.2 Å². The molecule has 1 aliphatic heterocycles. The molecule has 0 bridgehead atoms. The zero-order chi connectivity index (χ0) is 13.6. The fraction of sp³-hybridized carbons (Fsp3) is 1.00. The van der Waals surface area contributed by atoms with Gasteiger partial charge in [0.1, 0.15) is 0 Å². The Morgan fingerprint density at radius 1 is 1.00 bits per heavy atom. The SMILES string of the molecule is CC1CC(C)C(CN2CC3CCC(O)C3C2)C(O)C1. The van der Waals surface area contributed by atoms with E-state index >= 15 is 0 Å². The summed E-state index contributed by atoms with van der Waals surface area (Å²) in [6.45, 7) is 7.79. The highest BCUT2D eigenvalue weighted by Crippen LogP contribution is 2.40. The molecule has 7 atom stereocenters. The smallest absolute Gasteiger partial charge is 0.0585 e. The fourth-order valence-electron chi connectivity index (χ4n) is 4.95. The van der Waals surface area contributed by atoms with Gasteiger partial charge in [-0.1, -0.05) is 13.8 Å². The summed E-state index contributed by atoms with van der Waals surface area (Å²) in [6.07, 6.45) is 4.24. The molecule has 0 aromatic carbocycles. The molecule has 3 rings (SSSR count). The Morgan fingerprint density at radius 2 is 1.79 bits per heavy atom. The first-order valence-electron chi connectivity index (χ1n) is 8.13. The van der Waals surface area contributed by atoms with Gasteiger partial charge in [-0.2, -0.15) is 0 Å². The first-order valence-corrected chi connectivity index (χ1v) is 8.13. The Morgan fingerprint density at radius 3 is 2.47 bits per heavy atom. The van der Waals surface area contributed by atoms with Gasteiger partial charge in [0, 0.05) is 31.5 Å². The number of rotatable bonds is 2. The maximum atomic E-state index is 10.3. The van der Waals surface area contributed by atoms with Crippen LogP contribution >= 0.6 is 0 Å². The second-order valence-corrected chi connectivity index (χ2v) is 7.57. The lowest BCUT2D eigenvalue weighted by atomic mass is 9.73. The van der Waals surface area contributed by atoms with Crippen molar-refractivity contribution >= 4 is 0 Å². The number of aliphatic hydroxyl groups is 2. The van der Waals surface area contributed by atoms with Crippen LogP contribution in [0, 0.1) is 29.6 Å². The lowest BCUT2D eigenvalue weighted by Crippen LogP contribution is -2.42. The van der Waals surface area contributed by atoms with Crippen molar-refractivity contribution < 1.29 is 10.2 Å². The molecule has 0 aromatic heterocycles. The van der Waals surface area contributed by atoms with Gasteiger partial charge < -0.3 is 15.1 Å². The Hall–Kier alpha value is -0.120. The summed E-state index contributed by atoms with van der Waals surface area (Å²) in [4.78, 5) is 2.51. The van der Waals surface area contributed by atoms with E-state index < -0.39 is 0 Å². The van der Waals surface area contributed by atoms with Gasteiger partial charge in [-0.25, -0.2) is 0 Å². The van der Waals surface area contributed by atoms with Gasteiger partial charge >= 0.3 is 0 Å². The summed E-state index contributed by atoms with van der Waals surface area (Å²) in [5.74, 6) is 2.96. The van der Waals surface area contributed by atoms with Gasteiger partial charge in [-0.05, 0) is 43.4 Å². The third-order valence-corrected chi connectivity index (χ3v) is 6.01. The molecule has 3 aliphatic rings. The third kappa shape index (κ3) is 2.70. The summed E-state index contributed by atoms with van der Waals surface area (Å²) in [7, 11) is 0. The van der Waals surface area contributed by atoms with Crippen LogP contribution < -0.4 is 0 Å². The normalized spacial score (nSPS) is 51.5. The number of fused-ring (bicyclic) bond motifs is 1. The Kier molecular flexibility index (Phi) is 3.89. The van der Waals surface area contributed by atoms with Crippen LogP contribution in [0.5, 0.6) is 0 Å². The van der Waals surface area contributed by atoms with Crippen LogP contribution in [0.4, 0.5) is 0 Å². The molecule has 3 nitrogen and oxygen atoms in total. The van der Waals surface area contributed by atoms with Crippen LogP contribution in [0.25, 0.3) is 0 Å². The van der Waals surface area contributed by atoms with Crippen LogP contribution in [0.1, 0.15) is 39.5 Å². The number of aliphatic hydroxyl groups excluding tert-OH is 2. The zero-order valence-corrected chi connectivity index (χ0v) is 12.3. The molecule has 3 heteroatoms. The standard InChI is InChI=1S/C16H29NO2/c1-10-5-11(2)13(16(19)6-10)8-17-7-12-3-4-15(18)14(12)9-17/h10-16,18-19H,3-9H2,1-2H3. The van der Waals surface area contributed by atoms with Crippen molar-refractivity contribution in [2.24, 2.45) is 29.6 Å². The first-order chi connectivity index (χ1) is 9.04. The molecule has 2 saturated carbocycles. The van der Waals surface area contributed by atoms with Crippen LogP contribution in [0.2, 0.25) is 0 Å². The first kappa shape index (κ1) is 13.8. The summed E-state index contributed by atoms with van der Waals surface area (Å²) in [6, 6.07) is 0. The molecule has 7 unspecified atom stereocenters. The van der Waals surface area contributed by atoms with Crippen LogP contribution in [0.15, 0.2) is 0 Å². The summed E-state index contributed by atoms with van der Waals surface area (Å²) in [5, 5.41) is 20.3. The second-order valence-electron chi connectivity index (χ2n) is 7.57. The third-order valence-electron chi connectivity index (χ3n) is 6.01. The molecule has 110 valence electrons. The average Bonchev–Trinajstić information content (AvgIpc) is 2.86. The van der Waals surface area contributed by atoms with Gasteiger partial charge in [0.05, 0.1) is 12.2 Å². The number of likely N-dealkylation sites (tertiary alicyclic amines) is 1. The predicted octanol–water partition coefficient (Wildman–Crippen LogP) is 1.73. The van der Waals surface area contributed by atoms with Crippen molar-refractivity contribution in [3.63, 3.8) is 0 Å². The second kappa shape index (κ2) is 5.34. The monoisotopic (exact) mass is 267 g/mol. The lowest BCUT2D eigenvalue weighted by Gasteiger charge is -2.39. The molecule has 2 N–H and O–H groups in total. The van der Waals surface area contributed by atoms with Crippen molar-refractivity contribution in [1.29, 1.82) is 0 Å². The Labute approximate surface area is 117 Å². The number of hydrogen-bond acceptors (Lipinski definition) is 3. The van der Waals surface area contributed by atoms with Crippen molar-refractivity contribution in [1.82, 2.24) is 4.90 Å². The Balaban J connectivity index is 1.57. The molecule has 0 amide bonds. The minimum Gasteiger partial charge on any atom is -0.393 e. The highest BCUT2D eigenvalue weighted by Gasteiger charge is 2.43. The van der Waals surface area contributed by atoms with E-state index in [2.05, 4.69) is 18.7 Å². The van der Waals surface area contributed by atoms with Crippen molar-refractivity contribution in [3.05, 3.63) is 0 Å². The fourth-order valence-corrected chi connectivity index (χ4v) is 4.95. The molecule has 1 heterocycles. The lowest BCUT2D eigenvalue weighted by molar-refractivity contribution is -0.000742. The summed E-state index contributed by atoms with van der Waals surface area (Å²) >= 11 is 0. The predicted molar refractivity (Wildman–Crippen MR) is 75.7 cm³/mol. The van der Waals surface area contributed by atoms with Crippen molar-refractivity contribution in [3.8, 4) is 0 Å². The highest BCUT2D eigenvalue weighted by atomic mass is 16.3. The van der Waals surface area contributed by atoms with E-state index in [0.717, 1.165) is 32.5 Å².